The fourth-order valence-corrected chi connectivity index (χ4v) is 3.33. The van der Waals surface area contributed by atoms with E-state index in [2.05, 4.69) is 15.4 Å². The van der Waals surface area contributed by atoms with Crippen molar-refractivity contribution in [2.24, 2.45) is 0 Å². The van der Waals surface area contributed by atoms with Crippen LogP contribution in [0.1, 0.15) is 6.42 Å². The molecule has 3 aromatic rings. The number of fused-ring (bicyclic) bond motifs is 1. The van der Waals surface area contributed by atoms with Crippen LogP contribution in [0.4, 0.5) is 5.13 Å². The molecule has 1 unspecified atom stereocenters. The smallest absolute Gasteiger partial charge is 0.214 e. The summed E-state index contributed by atoms with van der Waals surface area (Å²) in [5, 5.41) is 9.52. The summed E-state index contributed by atoms with van der Waals surface area (Å²) in [5.41, 5.74) is 1.94. The molecule has 5 nitrogen and oxygen atoms in total. The normalized spacial score (nSPS) is 18.4. The molecule has 0 bridgehead atoms. The van der Waals surface area contributed by atoms with Gasteiger partial charge >= 0.3 is 0 Å². The van der Waals surface area contributed by atoms with Gasteiger partial charge in [-0.15, -0.1) is 5.10 Å². The molecule has 1 aliphatic rings. The molecule has 0 amide bonds. The number of ether oxygens (including phenoxy) is 1. The Labute approximate surface area is 130 Å². The number of anilines is 1. The standard InChI is InChI=1S/C14H13ClN4OS/c15-10-3-1-9(2-4-10)12-7-19-14(17-12)21-13(18-19)16-11-5-6-20-8-11/h1-4,7,11H,5-6,8H2,(H,16,18). The molecule has 3 heterocycles. The number of hydrogen-bond donors (Lipinski definition) is 1. The van der Waals surface area contributed by atoms with E-state index in [9.17, 15) is 0 Å². The summed E-state index contributed by atoms with van der Waals surface area (Å²) in [6.07, 6.45) is 2.96. The Morgan fingerprint density at radius 2 is 2.19 bits per heavy atom. The quantitative estimate of drug-likeness (QED) is 0.804. The number of imidazole rings is 1. The zero-order valence-electron chi connectivity index (χ0n) is 11.1. The van der Waals surface area contributed by atoms with E-state index < -0.39 is 0 Å². The van der Waals surface area contributed by atoms with E-state index in [-0.39, 0.29) is 0 Å². The first-order valence-corrected chi connectivity index (χ1v) is 7.94. The molecule has 0 spiro atoms. The van der Waals surface area contributed by atoms with Gasteiger partial charge in [-0.05, 0) is 18.6 Å². The first-order chi connectivity index (χ1) is 10.3. The maximum atomic E-state index is 5.90. The first-order valence-electron chi connectivity index (χ1n) is 6.74. The molecule has 1 fully saturated rings. The van der Waals surface area contributed by atoms with Crippen LogP contribution < -0.4 is 5.32 Å². The van der Waals surface area contributed by atoms with Gasteiger partial charge in [-0.25, -0.2) is 9.50 Å². The Hall–Kier alpha value is -1.63. The van der Waals surface area contributed by atoms with Crippen molar-refractivity contribution in [3.63, 3.8) is 0 Å². The van der Waals surface area contributed by atoms with Crippen LogP contribution in [-0.2, 0) is 4.74 Å². The molecule has 0 radical (unpaired) electrons. The van der Waals surface area contributed by atoms with Gasteiger partial charge in [-0.3, -0.25) is 0 Å². The Morgan fingerprint density at radius 1 is 1.33 bits per heavy atom. The summed E-state index contributed by atoms with van der Waals surface area (Å²) in [7, 11) is 0. The van der Waals surface area contributed by atoms with Gasteiger partial charge in [-0.2, -0.15) is 0 Å². The second-order valence-electron chi connectivity index (χ2n) is 4.97. The van der Waals surface area contributed by atoms with Gasteiger partial charge in [0, 0.05) is 17.2 Å². The van der Waals surface area contributed by atoms with Crippen molar-refractivity contribution >= 4 is 33.0 Å². The fraction of sp³-hybridized carbons (Fsp3) is 0.286. The van der Waals surface area contributed by atoms with E-state index in [1.54, 1.807) is 11.3 Å². The minimum Gasteiger partial charge on any atom is -0.379 e. The number of rotatable bonds is 3. The zero-order chi connectivity index (χ0) is 14.2. The zero-order valence-corrected chi connectivity index (χ0v) is 12.7. The number of nitrogens with zero attached hydrogens (tertiary/aromatic N) is 3. The summed E-state index contributed by atoms with van der Waals surface area (Å²) in [6, 6.07) is 8.01. The molecule has 0 saturated carbocycles. The maximum Gasteiger partial charge on any atom is 0.214 e. The number of benzene rings is 1. The molecule has 108 valence electrons. The summed E-state index contributed by atoms with van der Waals surface area (Å²) in [6.45, 7) is 1.57. The van der Waals surface area contributed by atoms with Crippen LogP contribution in [0.15, 0.2) is 30.5 Å². The van der Waals surface area contributed by atoms with Crippen molar-refractivity contribution in [2.75, 3.05) is 18.5 Å². The molecule has 1 aromatic carbocycles. The van der Waals surface area contributed by atoms with Gasteiger partial charge < -0.3 is 10.1 Å². The minimum atomic E-state index is 0.358. The molecule has 1 saturated heterocycles. The lowest BCUT2D eigenvalue weighted by atomic mass is 10.2. The molecule has 4 rings (SSSR count). The lowest BCUT2D eigenvalue weighted by molar-refractivity contribution is 0.195. The third kappa shape index (κ3) is 2.62. The van der Waals surface area contributed by atoms with Crippen LogP contribution >= 0.6 is 22.9 Å². The third-order valence-electron chi connectivity index (χ3n) is 3.44. The summed E-state index contributed by atoms with van der Waals surface area (Å²) >= 11 is 7.45. The van der Waals surface area contributed by atoms with Crippen LogP contribution in [0.5, 0.6) is 0 Å². The van der Waals surface area contributed by atoms with Crippen LogP contribution in [0, 0.1) is 0 Å². The van der Waals surface area contributed by atoms with Crippen molar-refractivity contribution in [2.45, 2.75) is 12.5 Å². The highest BCUT2D eigenvalue weighted by atomic mass is 35.5. The fourth-order valence-electron chi connectivity index (χ4n) is 2.34. The highest BCUT2D eigenvalue weighted by Crippen LogP contribution is 2.26. The Balaban J connectivity index is 1.59. The van der Waals surface area contributed by atoms with Crippen LogP contribution in [0.3, 0.4) is 0 Å². The molecular weight excluding hydrogens is 308 g/mol. The molecule has 21 heavy (non-hydrogen) atoms. The average Bonchev–Trinajstić information content (AvgIpc) is 3.16. The maximum absolute atomic E-state index is 5.90. The highest BCUT2D eigenvalue weighted by molar-refractivity contribution is 7.20. The number of nitrogens with one attached hydrogen (secondary N) is 1. The van der Waals surface area contributed by atoms with Gasteiger partial charge in [0.1, 0.15) is 0 Å². The largest absolute Gasteiger partial charge is 0.379 e. The molecule has 0 aliphatic carbocycles. The molecule has 1 N–H and O–H groups in total. The topological polar surface area (TPSA) is 51.5 Å². The van der Waals surface area contributed by atoms with Crippen molar-refractivity contribution in [3.05, 3.63) is 35.5 Å². The van der Waals surface area contributed by atoms with E-state index in [0.717, 1.165) is 46.0 Å². The molecule has 1 aliphatic heterocycles. The first kappa shape index (κ1) is 13.1. The second kappa shape index (κ2) is 5.29. The van der Waals surface area contributed by atoms with Gasteiger partial charge in [0.05, 0.1) is 24.5 Å². The molecule has 1 atom stereocenters. The third-order valence-corrected chi connectivity index (χ3v) is 4.55. The predicted molar refractivity (Wildman–Crippen MR) is 84.2 cm³/mol. The van der Waals surface area contributed by atoms with Gasteiger partial charge in [0.15, 0.2) is 0 Å². The van der Waals surface area contributed by atoms with E-state index >= 15 is 0 Å². The number of halogens is 1. The lowest BCUT2D eigenvalue weighted by Crippen LogP contribution is -2.18. The van der Waals surface area contributed by atoms with Crippen molar-refractivity contribution in [3.8, 4) is 11.3 Å². The Bertz CT molecular complexity index is 729. The summed E-state index contributed by atoms with van der Waals surface area (Å²) in [4.78, 5) is 5.49. The number of hydrogen-bond acceptors (Lipinski definition) is 5. The van der Waals surface area contributed by atoms with Gasteiger partial charge in [0.2, 0.25) is 10.1 Å². The van der Waals surface area contributed by atoms with E-state index in [0.29, 0.717) is 6.04 Å². The summed E-state index contributed by atoms with van der Waals surface area (Å²) < 4.78 is 7.16. The molecular formula is C14H13ClN4OS. The van der Waals surface area contributed by atoms with Crippen LogP contribution in [0.2, 0.25) is 5.02 Å². The highest BCUT2D eigenvalue weighted by Gasteiger charge is 2.17. The van der Waals surface area contributed by atoms with Crippen molar-refractivity contribution < 1.29 is 4.74 Å². The van der Waals surface area contributed by atoms with Gasteiger partial charge in [0.25, 0.3) is 0 Å². The Kier molecular flexibility index (Phi) is 3.29. The lowest BCUT2D eigenvalue weighted by Gasteiger charge is -2.06. The minimum absolute atomic E-state index is 0.358. The van der Waals surface area contributed by atoms with E-state index in [1.807, 2.05) is 35.0 Å². The van der Waals surface area contributed by atoms with Crippen molar-refractivity contribution in [1.29, 1.82) is 0 Å². The summed E-state index contributed by atoms with van der Waals surface area (Å²) in [5.74, 6) is 0. The monoisotopic (exact) mass is 320 g/mol. The molecule has 2 aromatic heterocycles. The van der Waals surface area contributed by atoms with E-state index in [1.165, 1.54) is 0 Å². The predicted octanol–water partition coefficient (Wildman–Crippen LogP) is 3.31. The van der Waals surface area contributed by atoms with Gasteiger partial charge in [-0.1, -0.05) is 35.1 Å². The van der Waals surface area contributed by atoms with Crippen molar-refractivity contribution in [1.82, 2.24) is 14.6 Å². The SMILES string of the molecule is Clc1ccc(-c2cn3nc(NC4CCOC4)sc3n2)cc1. The van der Waals surface area contributed by atoms with Crippen LogP contribution in [-0.4, -0.2) is 33.9 Å². The second-order valence-corrected chi connectivity index (χ2v) is 6.36. The molecule has 7 heteroatoms. The van der Waals surface area contributed by atoms with E-state index in [4.69, 9.17) is 16.3 Å². The average molecular weight is 321 g/mol. The van der Waals surface area contributed by atoms with Crippen LogP contribution in [0.25, 0.3) is 16.2 Å². The number of aromatic nitrogens is 3. The Morgan fingerprint density at radius 3 is 2.90 bits per heavy atom.